The van der Waals surface area contributed by atoms with Crippen LogP contribution in [0.1, 0.15) is 26.3 Å². The third kappa shape index (κ3) is 6.66. The Labute approximate surface area is 160 Å². The standard InChI is InChI=1S/C21H26N2O4/c1-15(2)13-26-18-11-9-17(10-12-18)16(3)22-23-21(24)14-27-20-8-6-5-7-19(20)25-4/h5-12,15H,13-14H2,1-4H3,(H,23,24)/b22-16-. The number of hydrogen-bond donors (Lipinski definition) is 1. The number of methoxy groups -OCH3 is 1. The van der Waals surface area contributed by atoms with Gasteiger partial charge in [-0.2, -0.15) is 5.10 Å². The second-order valence-electron chi connectivity index (χ2n) is 6.40. The van der Waals surface area contributed by atoms with E-state index >= 15 is 0 Å². The molecule has 1 N–H and O–H groups in total. The number of ether oxygens (including phenoxy) is 3. The summed E-state index contributed by atoms with van der Waals surface area (Å²) in [6.07, 6.45) is 0. The normalized spacial score (nSPS) is 11.2. The van der Waals surface area contributed by atoms with Gasteiger partial charge in [-0.15, -0.1) is 0 Å². The molecule has 6 nitrogen and oxygen atoms in total. The second kappa shape index (κ2) is 10.2. The predicted octanol–water partition coefficient (Wildman–Crippen LogP) is 3.65. The van der Waals surface area contributed by atoms with E-state index in [9.17, 15) is 4.79 Å². The smallest absolute Gasteiger partial charge is 0.277 e. The van der Waals surface area contributed by atoms with Gasteiger partial charge in [0.05, 0.1) is 19.4 Å². The molecule has 2 rings (SSSR count). The van der Waals surface area contributed by atoms with Crippen LogP contribution in [-0.4, -0.2) is 31.9 Å². The molecule has 2 aromatic rings. The highest BCUT2D eigenvalue weighted by atomic mass is 16.5. The molecule has 0 saturated carbocycles. The van der Waals surface area contributed by atoms with E-state index in [1.54, 1.807) is 19.2 Å². The van der Waals surface area contributed by atoms with Crippen molar-refractivity contribution in [2.24, 2.45) is 11.0 Å². The van der Waals surface area contributed by atoms with Crippen molar-refractivity contribution < 1.29 is 19.0 Å². The number of amides is 1. The second-order valence-corrected chi connectivity index (χ2v) is 6.40. The Morgan fingerprint density at radius 3 is 2.33 bits per heavy atom. The van der Waals surface area contributed by atoms with Gasteiger partial charge in [-0.05, 0) is 54.8 Å². The highest BCUT2D eigenvalue weighted by molar-refractivity contribution is 5.99. The van der Waals surface area contributed by atoms with Crippen LogP contribution in [-0.2, 0) is 4.79 Å². The summed E-state index contributed by atoms with van der Waals surface area (Å²) in [4.78, 5) is 12.0. The van der Waals surface area contributed by atoms with Gasteiger partial charge in [0.1, 0.15) is 5.75 Å². The van der Waals surface area contributed by atoms with Crippen LogP contribution in [0.4, 0.5) is 0 Å². The van der Waals surface area contributed by atoms with E-state index in [2.05, 4.69) is 24.4 Å². The van der Waals surface area contributed by atoms with E-state index in [1.807, 2.05) is 43.3 Å². The van der Waals surface area contributed by atoms with Gasteiger partial charge in [0.15, 0.2) is 18.1 Å². The zero-order chi connectivity index (χ0) is 19.6. The topological polar surface area (TPSA) is 69.2 Å². The summed E-state index contributed by atoms with van der Waals surface area (Å²) in [5.41, 5.74) is 4.09. The first kappa shape index (κ1) is 20.3. The minimum Gasteiger partial charge on any atom is -0.493 e. The summed E-state index contributed by atoms with van der Waals surface area (Å²) in [5.74, 6) is 2.02. The van der Waals surface area contributed by atoms with Gasteiger partial charge in [-0.25, -0.2) is 5.43 Å². The van der Waals surface area contributed by atoms with Gasteiger partial charge < -0.3 is 14.2 Å². The molecule has 0 aliphatic heterocycles. The number of carbonyl (C=O) groups excluding carboxylic acids is 1. The minimum absolute atomic E-state index is 0.154. The number of para-hydroxylation sites is 2. The molecule has 6 heteroatoms. The molecule has 0 atom stereocenters. The summed E-state index contributed by atoms with van der Waals surface area (Å²) >= 11 is 0. The van der Waals surface area contributed by atoms with Gasteiger partial charge in [0.2, 0.25) is 0 Å². The van der Waals surface area contributed by atoms with Crippen LogP contribution in [0.2, 0.25) is 0 Å². The van der Waals surface area contributed by atoms with Crippen LogP contribution in [0, 0.1) is 5.92 Å². The SMILES string of the molecule is COc1ccccc1OCC(=O)N/N=C(/C)c1ccc(OCC(C)C)cc1. The number of hydrazone groups is 1. The van der Waals surface area contributed by atoms with Crippen molar-refractivity contribution in [1.82, 2.24) is 5.43 Å². The fourth-order valence-corrected chi connectivity index (χ4v) is 2.18. The Morgan fingerprint density at radius 1 is 1.04 bits per heavy atom. The molecule has 0 aliphatic carbocycles. The first-order valence-corrected chi connectivity index (χ1v) is 8.81. The molecular weight excluding hydrogens is 344 g/mol. The lowest BCUT2D eigenvalue weighted by Crippen LogP contribution is -2.25. The molecule has 0 aliphatic rings. The van der Waals surface area contributed by atoms with E-state index < -0.39 is 0 Å². The quantitative estimate of drug-likeness (QED) is 0.540. The summed E-state index contributed by atoms with van der Waals surface area (Å²) in [6.45, 7) is 6.55. The number of hydrogen-bond acceptors (Lipinski definition) is 5. The van der Waals surface area contributed by atoms with Crippen molar-refractivity contribution in [3.05, 3.63) is 54.1 Å². The van der Waals surface area contributed by atoms with Crippen molar-refractivity contribution in [1.29, 1.82) is 0 Å². The lowest BCUT2D eigenvalue weighted by molar-refractivity contribution is -0.123. The average molecular weight is 370 g/mol. The van der Waals surface area contributed by atoms with E-state index in [-0.39, 0.29) is 12.5 Å². The minimum atomic E-state index is -0.350. The molecule has 0 fully saturated rings. The van der Waals surface area contributed by atoms with Crippen LogP contribution in [0.15, 0.2) is 53.6 Å². The first-order chi connectivity index (χ1) is 13.0. The predicted molar refractivity (Wildman–Crippen MR) is 106 cm³/mol. The summed E-state index contributed by atoms with van der Waals surface area (Å²) in [7, 11) is 1.55. The Morgan fingerprint density at radius 2 is 1.70 bits per heavy atom. The van der Waals surface area contributed by atoms with Crippen LogP contribution >= 0.6 is 0 Å². The molecule has 1 amide bonds. The number of rotatable bonds is 9. The van der Waals surface area contributed by atoms with Crippen molar-refractivity contribution in [2.75, 3.05) is 20.3 Å². The monoisotopic (exact) mass is 370 g/mol. The molecule has 2 aromatic carbocycles. The highest BCUT2D eigenvalue weighted by Gasteiger charge is 2.07. The van der Waals surface area contributed by atoms with E-state index in [0.29, 0.717) is 29.7 Å². The van der Waals surface area contributed by atoms with Gasteiger partial charge >= 0.3 is 0 Å². The molecular formula is C21H26N2O4. The Hall–Kier alpha value is -3.02. The highest BCUT2D eigenvalue weighted by Crippen LogP contribution is 2.25. The fraction of sp³-hybridized carbons (Fsp3) is 0.333. The van der Waals surface area contributed by atoms with Crippen molar-refractivity contribution in [3.63, 3.8) is 0 Å². The zero-order valence-electron chi connectivity index (χ0n) is 16.2. The van der Waals surface area contributed by atoms with Gasteiger partial charge in [-0.3, -0.25) is 4.79 Å². The molecule has 0 spiro atoms. The molecule has 27 heavy (non-hydrogen) atoms. The maximum absolute atomic E-state index is 12.0. The molecule has 0 aromatic heterocycles. The van der Waals surface area contributed by atoms with Crippen LogP contribution in [0.25, 0.3) is 0 Å². The maximum atomic E-state index is 12.0. The third-order valence-corrected chi connectivity index (χ3v) is 3.63. The number of benzene rings is 2. The van der Waals surface area contributed by atoms with Crippen LogP contribution in [0.5, 0.6) is 17.2 Å². The van der Waals surface area contributed by atoms with E-state index in [4.69, 9.17) is 14.2 Å². The summed E-state index contributed by atoms with van der Waals surface area (Å²) in [5, 5.41) is 4.12. The summed E-state index contributed by atoms with van der Waals surface area (Å²) in [6, 6.07) is 14.8. The molecule has 0 bridgehead atoms. The van der Waals surface area contributed by atoms with Gasteiger partial charge in [0, 0.05) is 0 Å². The maximum Gasteiger partial charge on any atom is 0.277 e. The number of nitrogens with one attached hydrogen (secondary N) is 1. The van der Waals surface area contributed by atoms with Crippen molar-refractivity contribution in [3.8, 4) is 17.2 Å². The van der Waals surface area contributed by atoms with Gasteiger partial charge in [-0.1, -0.05) is 26.0 Å². The third-order valence-electron chi connectivity index (χ3n) is 3.63. The first-order valence-electron chi connectivity index (χ1n) is 8.81. The van der Waals surface area contributed by atoms with E-state index in [0.717, 1.165) is 11.3 Å². The number of carbonyl (C=O) groups is 1. The molecule has 0 saturated heterocycles. The Bertz CT molecular complexity index is 770. The average Bonchev–Trinajstić information content (AvgIpc) is 2.69. The van der Waals surface area contributed by atoms with E-state index in [1.165, 1.54) is 0 Å². The molecule has 0 heterocycles. The summed E-state index contributed by atoms with van der Waals surface area (Å²) < 4.78 is 16.3. The molecule has 144 valence electrons. The largest absolute Gasteiger partial charge is 0.493 e. The van der Waals surface area contributed by atoms with Crippen molar-refractivity contribution in [2.45, 2.75) is 20.8 Å². The zero-order valence-corrected chi connectivity index (χ0v) is 16.2. The Kier molecular flexibility index (Phi) is 7.67. The molecule has 0 unspecified atom stereocenters. The Balaban J connectivity index is 1.86. The van der Waals surface area contributed by atoms with Crippen molar-refractivity contribution >= 4 is 11.6 Å². The van der Waals surface area contributed by atoms with Crippen LogP contribution in [0.3, 0.4) is 0 Å². The lowest BCUT2D eigenvalue weighted by atomic mass is 10.1. The van der Waals surface area contributed by atoms with Gasteiger partial charge in [0.25, 0.3) is 5.91 Å². The fourth-order valence-electron chi connectivity index (χ4n) is 2.18. The van der Waals surface area contributed by atoms with Crippen LogP contribution < -0.4 is 19.6 Å². The molecule has 0 radical (unpaired) electrons. The lowest BCUT2D eigenvalue weighted by Gasteiger charge is -2.10. The number of nitrogens with zero attached hydrogens (tertiary/aromatic N) is 1.